The summed E-state index contributed by atoms with van der Waals surface area (Å²) in [6, 6.07) is 8.45. The van der Waals surface area contributed by atoms with Crippen molar-refractivity contribution in [3.63, 3.8) is 0 Å². The lowest BCUT2D eigenvalue weighted by Gasteiger charge is -1.90. The first-order chi connectivity index (χ1) is 5.20. The summed E-state index contributed by atoms with van der Waals surface area (Å²) in [4.78, 5) is 0. The molecule has 0 radical (unpaired) electrons. The largest absolute Gasteiger partial charge is 0.103 e. The van der Waals surface area contributed by atoms with Crippen LogP contribution in [-0.4, -0.2) is 0 Å². The van der Waals surface area contributed by atoms with Gasteiger partial charge in [0.1, 0.15) is 0 Å². The Morgan fingerprint density at radius 3 is 1.73 bits per heavy atom. The molecule has 0 nitrogen and oxygen atoms in total. The van der Waals surface area contributed by atoms with E-state index in [0.717, 1.165) is 0 Å². The van der Waals surface area contributed by atoms with Crippen LogP contribution in [0.2, 0.25) is 0 Å². The minimum atomic E-state index is 1.34. The van der Waals surface area contributed by atoms with Crippen LogP contribution in [0.5, 0.6) is 0 Å². The zero-order chi connectivity index (χ0) is 8.69. The molecule has 11 heavy (non-hydrogen) atoms. The van der Waals surface area contributed by atoms with Crippen molar-refractivity contribution in [1.29, 1.82) is 0 Å². The van der Waals surface area contributed by atoms with Crippen LogP contribution in [0.4, 0.5) is 0 Å². The quantitative estimate of drug-likeness (QED) is 0.494. The van der Waals surface area contributed by atoms with Gasteiger partial charge in [0.2, 0.25) is 0 Å². The highest BCUT2D eigenvalue weighted by Gasteiger charge is 1.80. The maximum Gasteiger partial charge on any atom is -0.0398 e. The lowest BCUT2D eigenvalue weighted by molar-refractivity contribution is 1.39. The highest BCUT2D eigenvalue weighted by molar-refractivity contribution is 5.20. The average Bonchev–Trinajstić information content (AvgIpc) is 1.88. The monoisotopic (exact) mass is 148 g/mol. The van der Waals surface area contributed by atoms with Crippen LogP contribution in [0.25, 0.3) is 0 Å². The van der Waals surface area contributed by atoms with Gasteiger partial charge >= 0.3 is 0 Å². The SMILES string of the molecule is C=CC.Cc1cccc(C)c1. The number of allylic oxidation sites excluding steroid dienone is 1. The molecule has 0 aliphatic heterocycles. The van der Waals surface area contributed by atoms with Gasteiger partial charge in [-0.05, 0) is 20.8 Å². The molecule has 0 saturated carbocycles. The Morgan fingerprint density at radius 2 is 1.55 bits per heavy atom. The van der Waals surface area contributed by atoms with Crippen molar-refractivity contribution in [3.8, 4) is 0 Å². The number of aryl methyl sites for hydroxylation is 2. The summed E-state index contributed by atoms with van der Waals surface area (Å²) in [5.74, 6) is 0. The predicted octanol–water partition coefficient (Wildman–Crippen LogP) is 3.50. The molecule has 0 spiro atoms. The summed E-state index contributed by atoms with van der Waals surface area (Å²) in [6.45, 7) is 9.46. The third-order valence-electron chi connectivity index (χ3n) is 1.17. The van der Waals surface area contributed by atoms with Gasteiger partial charge in [0, 0.05) is 0 Å². The van der Waals surface area contributed by atoms with Crippen LogP contribution in [0.3, 0.4) is 0 Å². The van der Waals surface area contributed by atoms with Crippen molar-refractivity contribution in [1.82, 2.24) is 0 Å². The Bertz CT molecular complexity index is 194. The second-order valence-electron chi connectivity index (χ2n) is 2.57. The topological polar surface area (TPSA) is 0 Å². The van der Waals surface area contributed by atoms with Gasteiger partial charge in [-0.3, -0.25) is 0 Å². The van der Waals surface area contributed by atoms with Crippen molar-refractivity contribution in [2.75, 3.05) is 0 Å². The summed E-state index contributed by atoms with van der Waals surface area (Å²) >= 11 is 0. The van der Waals surface area contributed by atoms with Crippen molar-refractivity contribution < 1.29 is 0 Å². The molecule has 0 aliphatic rings. The van der Waals surface area contributed by atoms with Crippen LogP contribution in [0.15, 0.2) is 36.9 Å². The molecular formula is C11H16. The average molecular weight is 148 g/mol. The van der Waals surface area contributed by atoms with E-state index in [4.69, 9.17) is 0 Å². The first-order valence-electron chi connectivity index (χ1n) is 3.81. The van der Waals surface area contributed by atoms with Gasteiger partial charge < -0.3 is 0 Å². The fourth-order valence-corrected chi connectivity index (χ4v) is 0.807. The molecule has 1 aromatic rings. The van der Waals surface area contributed by atoms with Gasteiger partial charge in [0.05, 0.1) is 0 Å². The molecule has 0 bridgehead atoms. The maximum absolute atomic E-state index is 3.36. The van der Waals surface area contributed by atoms with Crippen LogP contribution in [0, 0.1) is 13.8 Å². The van der Waals surface area contributed by atoms with Crippen LogP contribution in [-0.2, 0) is 0 Å². The van der Waals surface area contributed by atoms with E-state index >= 15 is 0 Å². The smallest absolute Gasteiger partial charge is 0.0398 e. The Morgan fingerprint density at radius 1 is 1.18 bits per heavy atom. The minimum Gasteiger partial charge on any atom is -0.103 e. The van der Waals surface area contributed by atoms with Gasteiger partial charge in [-0.2, -0.15) is 0 Å². The maximum atomic E-state index is 3.36. The van der Waals surface area contributed by atoms with E-state index in [1.807, 2.05) is 6.92 Å². The molecule has 0 saturated heterocycles. The molecule has 0 heterocycles. The molecule has 0 N–H and O–H groups in total. The fraction of sp³-hybridized carbons (Fsp3) is 0.273. The summed E-state index contributed by atoms with van der Waals surface area (Å²) in [7, 11) is 0. The third kappa shape index (κ3) is 5.41. The first-order valence-corrected chi connectivity index (χ1v) is 3.81. The predicted molar refractivity (Wildman–Crippen MR) is 51.8 cm³/mol. The number of hydrogen-bond acceptors (Lipinski definition) is 0. The number of benzene rings is 1. The normalized spacial score (nSPS) is 7.91. The molecule has 1 rings (SSSR count). The van der Waals surface area contributed by atoms with Crippen molar-refractivity contribution in [2.24, 2.45) is 0 Å². The molecule has 60 valence electrons. The second-order valence-corrected chi connectivity index (χ2v) is 2.57. The second kappa shape index (κ2) is 5.72. The Kier molecular flexibility index (Phi) is 5.18. The summed E-state index contributed by atoms with van der Waals surface area (Å²) in [5, 5.41) is 0. The highest BCUT2D eigenvalue weighted by Crippen LogP contribution is 2.00. The van der Waals surface area contributed by atoms with Gasteiger partial charge in [-0.15, -0.1) is 6.58 Å². The molecule has 0 unspecified atom stereocenters. The molecule has 1 aromatic carbocycles. The zero-order valence-electron chi connectivity index (χ0n) is 7.59. The summed E-state index contributed by atoms with van der Waals surface area (Å²) in [6.07, 6.45) is 1.75. The van der Waals surface area contributed by atoms with Crippen molar-refractivity contribution >= 4 is 0 Å². The fourth-order valence-electron chi connectivity index (χ4n) is 0.807. The van der Waals surface area contributed by atoms with Crippen molar-refractivity contribution in [2.45, 2.75) is 20.8 Å². The highest BCUT2D eigenvalue weighted by atomic mass is 13.9. The third-order valence-corrected chi connectivity index (χ3v) is 1.17. The van der Waals surface area contributed by atoms with E-state index in [9.17, 15) is 0 Å². The molecule has 0 fully saturated rings. The lowest BCUT2D eigenvalue weighted by atomic mass is 10.2. The van der Waals surface area contributed by atoms with Gasteiger partial charge in [0.15, 0.2) is 0 Å². The van der Waals surface area contributed by atoms with Crippen LogP contribution in [0.1, 0.15) is 18.1 Å². The van der Waals surface area contributed by atoms with E-state index in [1.54, 1.807) is 6.08 Å². The van der Waals surface area contributed by atoms with Gasteiger partial charge in [-0.1, -0.05) is 41.5 Å². The number of rotatable bonds is 0. The molecule has 0 amide bonds. The van der Waals surface area contributed by atoms with E-state index in [0.29, 0.717) is 0 Å². The van der Waals surface area contributed by atoms with Crippen LogP contribution >= 0.6 is 0 Å². The minimum absolute atomic E-state index is 1.34. The Balaban J connectivity index is 0.000000292. The first kappa shape index (κ1) is 9.96. The molecular weight excluding hydrogens is 132 g/mol. The van der Waals surface area contributed by atoms with E-state index in [2.05, 4.69) is 44.7 Å². The molecule has 0 atom stereocenters. The summed E-state index contributed by atoms with van der Waals surface area (Å²) < 4.78 is 0. The van der Waals surface area contributed by atoms with Gasteiger partial charge in [0.25, 0.3) is 0 Å². The molecule has 0 heteroatoms. The van der Waals surface area contributed by atoms with Gasteiger partial charge in [-0.25, -0.2) is 0 Å². The zero-order valence-corrected chi connectivity index (χ0v) is 7.59. The lowest BCUT2D eigenvalue weighted by Crippen LogP contribution is -1.71. The van der Waals surface area contributed by atoms with E-state index in [-0.39, 0.29) is 0 Å². The van der Waals surface area contributed by atoms with E-state index in [1.165, 1.54) is 11.1 Å². The van der Waals surface area contributed by atoms with Crippen LogP contribution < -0.4 is 0 Å². The standard InChI is InChI=1S/C8H10.C3H6/c1-7-4-3-5-8(2)6-7;1-3-2/h3-6H,1-2H3;3H,1H2,2H3. The summed E-state index contributed by atoms with van der Waals surface area (Å²) in [5.41, 5.74) is 2.68. The Hall–Kier alpha value is -1.04. The molecule has 0 aromatic heterocycles. The molecule has 0 aliphatic carbocycles. The van der Waals surface area contributed by atoms with E-state index < -0.39 is 0 Å². The van der Waals surface area contributed by atoms with Crippen molar-refractivity contribution in [3.05, 3.63) is 48.0 Å². The number of hydrogen-bond donors (Lipinski definition) is 0. The Labute approximate surface area is 69.6 Å².